The molecule has 1 saturated heterocycles. The van der Waals surface area contributed by atoms with Gasteiger partial charge in [-0.3, -0.25) is 0 Å². The van der Waals surface area contributed by atoms with E-state index in [2.05, 4.69) is 15.9 Å². The van der Waals surface area contributed by atoms with Crippen LogP contribution in [0.4, 0.5) is 4.39 Å². The third-order valence-electron chi connectivity index (χ3n) is 3.17. The first-order valence-electron chi connectivity index (χ1n) is 5.71. The van der Waals surface area contributed by atoms with Crippen molar-refractivity contribution in [2.75, 3.05) is 19.6 Å². The Morgan fingerprint density at radius 1 is 1.50 bits per heavy atom. The van der Waals surface area contributed by atoms with Crippen LogP contribution >= 0.6 is 39.9 Å². The number of halogens is 4. The fourth-order valence-corrected chi connectivity index (χ4v) is 4.20. The van der Waals surface area contributed by atoms with Crippen molar-refractivity contribution in [3.05, 3.63) is 27.4 Å². The Morgan fingerprint density at radius 2 is 2.15 bits per heavy atom. The van der Waals surface area contributed by atoms with E-state index in [1.165, 1.54) is 4.31 Å². The molecular weight excluding hydrogens is 394 g/mol. The molecule has 0 bridgehead atoms. The van der Waals surface area contributed by atoms with Crippen LogP contribution in [-0.2, 0) is 10.0 Å². The maximum absolute atomic E-state index is 13.8. The van der Waals surface area contributed by atoms with E-state index in [9.17, 15) is 12.8 Å². The Balaban J connectivity index is 0.00000200. The molecule has 0 saturated carbocycles. The minimum atomic E-state index is -3.85. The van der Waals surface area contributed by atoms with Crippen LogP contribution in [-0.4, -0.2) is 32.4 Å². The highest BCUT2D eigenvalue weighted by Gasteiger charge is 2.34. The van der Waals surface area contributed by atoms with Crippen LogP contribution in [0.25, 0.3) is 0 Å². The summed E-state index contributed by atoms with van der Waals surface area (Å²) in [6, 6.07) is 2.19. The van der Waals surface area contributed by atoms with Gasteiger partial charge in [0.25, 0.3) is 0 Å². The second-order valence-electron chi connectivity index (χ2n) is 4.45. The normalized spacial score (nSPS) is 19.9. The highest BCUT2D eigenvalue weighted by atomic mass is 79.9. The number of sulfonamides is 1. The van der Waals surface area contributed by atoms with Gasteiger partial charge >= 0.3 is 0 Å². The molecule has 20 heavy (non-hydrogen) atoms. The molecule has 1 aliphatic rings. The first-order chi connectivity index (χ1) is 8.86. The molecule has 1 heterocycles. The molecule has 1 unspecified atom stereocenters. The number of nitrogens with zero attached hydrogens (tertiary/aromatic N) is 1. The Labute approximate surface area is 137 Å². The quantitative estimate of drug-likeness (QED) is 0.783. The van der Waals surface area contributed by atoms with Gasteiger partial charge in [0.1, 0.15) is 10.7 Å². The lowest BCUT2D eigenvalue weighted by atomic mass is 10.1. The highest BCUT2D eigenvalue weighted by molar-refractivity contribution is 9.10. The summed E-state index contributed by atoms with van der Waals surface area (Å²) >= 11 is 8.89. The zero-order valence-electron chi connectivity index (χ0n) is 10.4. The molecule has 0 aromatic heterocycles. The summed E-state index contributed by atoms with van der Waals surface area (Å²) in [4.78, 5) is -0.390. The summed E-state index contributed by atoms with van der Waals surface area (Å²) < 4.78 is 40.1. The molecule has 114 valence electrons. The third kappa shape index (κ3) is 3.45. The molecule has 9 heteroatoms. The van der Waals surface area contributed by atoms with Crippen LogP contribution in [0, 0.1) is 11.7 Å². The Kier molecular flexibility index (Phi) is 6.25. The maximum Gasteiger partial charge on any atom is 0.246 e. The van der Waals surface area contributed by atoms with Crippen molar-refractivity contribution in [1.29, 1.82) is 0 Å². The van der Waals surface area contributed by atoms with Crippen molar-refractivity contribution in [1.82, 2.24) is 4.31 Å². The largest absolute Gasteiger partial charge is 0.330 e. The van der Waals surface area contributed by atoms with Gasteiger partial charge in [0.15, 0.2) is 0 Å². The molecule has 1 fully saturated rings. The van der Waals surface area contributed by atoms with Crippen molar-refractivity contribution >= 4 is 50.0 Å². The fraction of sp³-hybridized carbons (Fsp3) is 0.455. The Hall–Kier alpha value is 0.0800. The van der Waals surface area contributed by atoms with Gasteiger partial charge in [-0.25, -0.2) is 12.8 Å². The van der Waals surface area contributed by atoms with Gasteiger partial charge in [-0.15, -0.1) is 12.4 Å². The summed E-state index contributed by atoms with van der Waals surface area (Å²) in [5, 5.41) is 0.162. The predicted molar refractivity (Wildman–Crippen MR) is 82.3 cm³/mol. The van der Waals surface area contributed by atoms with E-state index in [0.717, 1.165) is 12.1 Å². The predicted octanol–water partition coefficient (Wildman–Crippen LogP) is 2.63. The molecule has 0 amide bonds. The maximum atomic E-state index is 13.8. The average molecular weight is 408 g/mol. The topological polar surface area (TPSA) is 63.4 Å². The minimum absolute atomic E-state index is 0. The minimum Gasteiger partial charge on any atom is -0.330 e. The SMILES string of the molecule is Cl.NCC1CCN(S(=O)(=O)c2cc(Cl)c(Br)cc2F)C1. The smallest absolute Gasteiger partial charge is 0.246 e. The lowest BCUT2D eigenvalue weighted by Crippen LogP contribution is -2.30. The number of hydrogen-bond donors (Lipinski definition) is 1. The number of benzene rings is 1. The second-order valence-corrected chi connectivity index (χ2v) is 7.62. The Bertz CT molecular complexity index is 600. The molecule has 2 N–H and O–H groups in total. The van der Waals surface area contributed by atoms with Crippen LogP contribution < -0.4 is 5.73 Å². The third-order valence-corrected chi connectivity index (χ3v) is 6.25. The molecular formula is C11H14BrCl2FN2O2S. The summed E-state index contributed by atoms with van der Waals surface area (Å²) in [7, 11) is -3.85. The van der Waals surface area contributed by atoms with Gasteiger partial charge in [-0.1, -0.05) is 11.6 Å². The van der Waals surface area contributed by atoms with Gasteiger partial charge in [0, 0.05) is 17.6 Å². The van der Waals surface area contributed by atoms with Crippen LogP contribution in [0.1, 0.15) is 6.42 Å². The van der Waals surface area contributed by atoms with Crippen molar-refractivity contribution in [3.63, 3.8) is 0 Å². The second kappa shape index (κ2) is 6.89. The highest BCUT2D eigenvalue weighted by Crippen LogP contribution is 2.31. The lowest BCUT2D eigenvalue weighted by Gasteiger charge is -2.17. The molecule has 0 aliphatic carbocycles. The Morgan fingerprint density at radius 3 is 2.70 bits per heavy atom. The van der Waals surface area contributed by atoms with E-state index < -0.39 is 20.7 Å². The van der Waals surface area contributed by atoms with Gasteiger partial charge in [0.05, 0.1) is 5.02 Å². The van der Waals surface area contributed by atoms with Crippen molar-refractivity contribution in [3.8, 4) is 0 Å². The van der Waals surface area contributed by atoms with Gasteiger partial charge in [0.2, 0.25) is 10.0 Å². The van der Waals surface area contributed by atoms with Gasteiger partial charge in [-0.2, -0.15) is 4.31 Å². The summed E-state index contributed by atoms with van der Waals surface area (Å²) in [6.07, 6.45) is 0.696. The van der Waals surface area contributed by atoms with Crippen LogP contribution in [0.15, 0.2) is 21.5 Å². The van der Waals surface area contributed by atoms with E-state index in [1.807, 2.05) is 0 Å². The van der Waals surface area contributed by atoms with Crippen molar-refractivity contribution in [2.24, 2.45) is 11.7 Å². The number of rotatable bonds is 3. The van der Waals surface area contributed by atoms with Crippen LogP contribution in [0.3, 0.4) is 0 Å². The molecule has 1 aromatic carbocycles. The summed E-state index contributed by atoms with van der Waals surface area (Å²) in [5.41, 5.74) is 5.53. The lowest BCUT2D eigenvalue weighted by molar-refractivity contribution is 0.453. The van der Waals surface area contributed by atoms with E-state index in [0.29, 0.717) is 30.5 Å². The van der Waals surface area contributed by atoms with Crippen molar-refractivity contribution < 1.29 is 12.8 Å². The standard InChI is InChI=1S/C11H13BrClFN2O2S.ClH/c12-8-3-10(14)11(4-9(8)13)19(17,18)16-2-1-7(5-15)6-16;/h3-4,7H,1-2,5-6,15H2;1H. The zero-order valence-corrected chi connectivity index (χ0v) is 14.3. The fourth-order valence-electron chi connectivity index (χ4n) is 2.05. The molecule has 1 aliphatic heterocycles. The molecule has 1 aromatic rings. The molecule has 4 nitrogen and oxygen atoms in total. The van der Waals surface area contributed by atoms with Crippen LogP contribution in [0.2, 0.25) is 5.02 Å². The zero-order chi connectivity index (χ0) is 14.2. The molecule has 0 spiro atoms. The van der Waals surface area contributed by atoms with E-state index in [1.54, 1.807) is 0 Å². The van der Waals surface area contributed by atoms with E-state index in [-0.39, 0.29) is 23.3 Å². The first kappa shape index (κ1) is 18.1. The van der Waals surface area contributed by atoms with E-state index >= 15 is 0 Å². The van der Waals surface area contributed by atoms with Crippen LogP contribution in [0.5, 0.6) is 0 Å². The molecule has 0 radical (unpaired) electrons. The van der Waals surface area contributed by atoms with Gasteiger partial charge in [-0.05, 0) is 46.9 Å². The monoisotopic (exact) mass is 406 g/mol. The molecule has 1 atom stereocenters. The summed E-state index contributed by atoms with van der Waals surface area (Å²) in [6.45, 7) is 1.11. The number of nitrogens with two attached hydrogens (primary N) is 1. The molecule has 2 rings (SSSR count). The number of hydrogen-bond acceptors (Lipinski definition) is 3. The first-order valence-corrected chi connectivity index (χ1v) is 8.32. The van der Waals surface area contributed by atoms with Gasteiger partial charge < -0.3 is 5.73 Å². The average Bonchev–Trinajstić information content (AvgIpc) is 2.83. The summed E-state index contributed by atoms with van der Waals surface area (Å²) in [5.74, 6) is -0.684. The van der Waals surface area contributed by atoms with E-state index in [4.69, 9.17) is 17.3 Å². The van der Waals surface area contributed by atoms with Crippen molar-refractivity contribution in [2.45, 2.75) is 11.3 Å².